The zero-order valence-electron chi connectivity index (χ0n) is 11.8. The molecule has 20 heavy (non-hydrogen) atoms. The first kappa shape index (κ1) is 14.1. The summed E-state index contributed by atoms with van der Waals surface area (Å²) in [7, 11) is 0. The fourth-order valence-electron chi connectivity index (χ4n) is 2.04. The average molecular weight is 269 g/mol. The first-order valence-corrected chi connectivity index (χ1v) is 6.80. The van der Waals surface area contributed by atoms with Crippen molar-refractivity contribution in [1.82, 2.24) is 5.32 Å². The molecule has 104 valence electrons. The number of hydrogen-bond donors (Lipinski definition) is 1. The number of para-hydroxylation sites is 1. The molecule has 0 aliphatic rings. The molecule has 0 spiro atoms. The summed E-state index contributed by atoms with van der Waals surface area (Å²) >= 11 is 0. The van der Waals surface area contributed by atoms with Gasteiger partial charge in [-0.25, -0.2) is 0 Å². The third-order valence-electron chi connectivity index (χ3n) is 3.08. The molecule has 1 N–H and O–H groups in total. The quantitative estimate of drug-likeness (QED) is 0.901. The smallest absolute Gasteiger partial charge is 0.255 e. The van der Waals surface area contributed by atoms with E-state index in [1.807, 2.05) is 62.4 Å². The molecule has 3 nitrogen and oxygen atoms in total. The molecule has 0 aliphatic heterocycles. The SMILES string of the molecule is CCOc1ccccc1C(=O)N[C@H](C)c1ccccc1. The van der Waals surface area contributed by atoms with Crippen LogP contribution in [0.4, 0.5) is 0 Å². The van der Waals surface area contributed by atoms with Gasteiger partial charge in [0.15, 0.2) is 0 Å². The van der Waals surface area contributed by atoms with Gasteiger partial charge in [0.1, 0.15) is 5.75 Å². The second kappa shape index (κ2) is 6.75. The maximum absolute atomic E-state index is 12.3. The topological polar surface area (TPSA) is 38.3 Å². The van der Waals surface area contributed by atoms with Crippen LogP contribution >= 0.6 is 0 Å². The molecule has 0 saturated carbocycles. The number of carbonyl (C=O) groups excluding carboxylic acids is 1. The first-order valence-electron chi connectivity index (χ1n) is 6.80. The number of carbonyl (C=O) groups is 1. The van der Waals surface area contributed by atoms with E-state index in [0.29, 0.717) is 17.9 Å². The third kappa shape index (κ3) is 3.38. The Morgan fingerprint density at radius 2 is 1.75 bits per heavy atom. The standard InChI is InChI=1S/C17H19NO2/c1-3-20-16-12-8-7-11-15(16)17(19)18-13(2)14-9-5-4-6-10-14/h4-13H,3H2,1-2H3,(H,18,19)/t13-/m1/s1. The van der Waals surface area contributed by atoms with Gasteiger partial charge in [0.25, 0.3) is 5.91 Å². The number of hydrogen-bond acceptors (Lipinski definition) is 2. The van der Waals surface area contributed by atoms with E-state index in [1.54, 1.807) is 6.07 Å². The van der Waals surface area contributed by atoms with Crippen molar-refractivity contribution in [3.63, 3.8) is 0 Å². The van der Waals surface area contributed by atoms with Crippen molar-refractivity contribution in [1.29, 1.82) is 0 Å². The van der Waals surface area contributed by atoms with E-state index in [2.05, 4.69) is 5.32 Å². The Labute approximate surface area is 119 Å². The van der Waals surface area contributed by atoms with Gasteiger partial charge in [-0.15, -0.1) is 0 Å². The van der Waals surface area contributed by atoms with E-state index in [0.717, 1.165) is 5.56 Å². The lowest BCUT2D eigenvalue weighted by Crippen LogP contribution is -2.27. The minimum absolute atomic E-state index is 0.0432. The van der Waals surface area contributed by atoms with Crippen LogP contribution in [0.15, 0.2) is 54.6 Å². The molecule has 1 atom stereocenters. The van der Waals surface area contributed by atoms with Gasteiger partial charge in [0.05, 0.1) is 18.2 Å². The predicted octanol–water partition coefficient (Wildman–Crippen LogP) is 3.58. The molecule has 2 aromatic carbocycles. The molecular weight excluding hydrogens is 250 g/mol. The average Bonchev–Trinajstić information content (AvgIpc) is 2.49. The molecule has 1 amide bonds. The van der Waals surface area contributed by atoms with Gasteiger partial charge in [-0.2, -0.15) is 0 Å². The van der Waals surface area contributed by atoms with Gasteiger partial charge < -0.3 is 10.1 Å². The van der Waals surface area contributed by atoms with Crippen molar-refractivity contribution in [3.8, 4) is 5.75 Å². The van der Waals surface area contributed by atoms with Crippen molar-refractivity contribution in [2.24, 2.45) is 0 Å². The van der Waals surface area contributed by atoms with Crippen molar-refractivity contribution in [2.45, 2.75) is 19.9 Å². The largest absolute Gasteiger partial charge is 0.493 e. The first-order chi connectivity index (χ1) is 9.72. The Kier molecular flexibility index (Phi) is 4.77. The van der Waals surface area contributed by atoms with Gasteiger partial charge >= 0.3 is 0 Å². The normalized spacial score (nSPS) is 11.7. The summed E-state index contributed by atoms with van der Waals surface area (Å²) in [5.41, 5.74) is 1.65. The van der Waals surface area contributed by atoms with Crippen LogP contribution in [0.1, 0.15) is 35.8 Å². The summed E-state index contributed by atoms with van der Waals surface area (Å²) in [5.74, 6) is 0.498. The fourth-order valence-corrected chi connectivity index (χ4v) is 2.04. The maximum atomic E-state index is 12.3. The van der Waals surface area contributed by atoms with Gasteiger partial charge in [-0.05, 0) is 31.5 Å². The van der Waals surface area contributed by atoms with Crippen molar-refractivity contribution < 1.29 is 9.53 Å². The lowest BCUT2D eigenvalue weighted by atomic mass is 10.1. The zero-order chi connectivity index (χ0) is 14.4. The molecule has 2 aromatic rings. The van der Waals surface area contributed by atoms with Gasteiger partial charge in [-0.3, -0.25) is 4.79 Å². The van der Waals surface area contributed by atoms with Crippen LogP contribution in [0.3, 0.4) is 0 Å². The molecule has 0 bridgehead atoms. The molecule has 0 unspecified atom stereocenters. The summed E-state index contributed by atoms with van der Waals surface area (Å²) in [6.07, 6.45) is 0. The Morgan fingerprint density at radius 1 is 1.10 bits per heavy atom. The Hall–Kier alpha value is -2.29. The van der Waals surface area contributed by atoms with E-state index in [4.69, 9.17) is 4.74 Å². The van der Waals surface area contributed by atoms with Crippen molar-refractivity contribution in [2.75, 3.05) is 6.61 Å². The second-order valence-electron chi connectivity index (χ2n) is 4.54. The molecule has 0 heterocycles. The monoisotopic (exact) mass is 269 g/mol. The highest BCUT2D eigenvalue weighted by Gasteiger charge is 2.14. The predicted molar refractivity (Wildman–Crippen MR) is 79.9 cm³/mol. The second-order valence-corrected chi connectivity index (χ2v) is 4.54. The van der Waals surface area contributed by atoms with Gasteiger partial charge in [0, 0.05) is 0 Å². The van der Waals surface area contributed by atoms with E-state index in [9.17, 15) is 4.79 Å². The Bertz CT molecular complexity index is 566. The molecule has 3 heteroatoms. The summed E-state index contributed by atoms with van der Waals surface area (Å²) in [4.78, 5) is 12.3. The highest BCUT2D eigenvalue weighted by Crippen LogP contribution is 2.19. The van der Waals surface area contributed by atoms with E-state index in [-0.39, 0.29) is 11.9 Å². The maximum Gasteiger partial charge on any atom is 0.255 e. The van der Waals surface area contributed by atoms with Crippen molar-refractivity contribution in [3.05, 3.63) is 65.7 Å². The lowest BCUT2D eigenvalue weighted by molar-refractivity contribution is 0.0936. The van der Waals surface area contributed by atoms with Crippen LogP contribution in [0.25, 0.3) is 0 Å². The summed E-state index contributed by atoms with van der Waals surface area (Å²) in [6, 6.07) is 17.1. The number of amides is 1. The van der Waals surface area contributed by atoms with Crippen LogP contribution in [0.5, 0.6) is 5.75 Å². The molecule has 0 aliphatic carbocycles. The molecule has 0 radical (unpaired) electrons. The zero-order valence-corrected chi connectivity index (χ0v) is 11.8. The minimum atomic E-state index is -0.120. The Balaban J connectivity index is 2.12. The van der Waals surface area contributed by atoms with Crippen molar-refractivity contribution >= 4 is 5.91 Å². The van der Waals surface area contributed by atoms with Gasteiger partial charge in [0.2, 0.25) is 0 Å². The van der Waals surface area contributed by atoms with Crippen LogP contribution in [-0.2, 0) is 0 Å². The van der Waals surface area contributed by atoms with Crippen LogP contribution in [0, 0.1) is 0 Å². The van der Waals surface area contributed by atoms with E-state index >= 15 is 0 Å². The number of nitrogens with one attached hydrogen (secondary N) is 1. The van der Waals surface area contributed by atoms with E-state index in [1.165, 1.54) is 0 Å². The van der Waals surface area contributed by atoms with Gasteiger partial charge in [-0.1, -0.05) is 42.5 Å². The summed E-state index contributed by atoms with van der Waals surface area (Å²) < 4.78 is 5.48. The lowest BCUT2D eigenvalue weighted by Gasteiger charge is -2.16. The number of benzene rings is 2. The van der Waals surface area contributed by atoms with E-state index < -0.39 is 0 Å². The molecule has 0 aromatic heterocycles. The summed E-state index contributed by atoms with van der Waals surface area (Å²) in [5, 5.41) is 2.99. The molecule has 2 rings (SSSR count). The fraction of sp³-hybridized carbons (Fsp3) is 0.235. The molecule has 0 fully saturated rings. The number of rotatable bonds is 5. The number of ether oxygens (including phenoxy) is 1. The summed E-state index contributed by atoms with van der Waals surface area (Å²) in [6.45, 7) is 4.41. The van der Waals surface area contributed by atoms with Crippen LogP contribution in [-0.4, -0.2) is 12.5 Å². The highest BCUT2D eigenvalue weighted by molar-refractivity contribution is 5.97. The molecule has 0 saturated heterocycles. The minimum Gasteiger partial charge on any atom is -0.493 e. The van der Waals surface area contributed by atoms with Crippen LogP contribution in [0.2, 0.25) is 0 Å². The Morgan fingerprint density at radius 3 is 2.45 bits per heavy atom. The van der Waals surface area contributed by atoms with Crippen LogP contribution < -0.4 is 10.1 Å². The highest BCUT2D eigenvalue weighted by atomic mass is 16.5. The molecular formula is C17H19NO2. The third-order valence-corrected chi connectivity index (χ3v) is 3.08.